The van der Waals surface area contributed by atoms with Crippen molar-refractivity contribution in [2.45, 2.75) is 25.9 Å². The summed E-state index contributed by atoms with van der Waals surface area (Å²) in [6, 6.07) is -0.149. The Hall–Kier alpha value is -1.40. The molecular weight excluding hydrogens is 234 g/mol. The maximum absolute atomic E-state index is 11.5. The standard InChI is InChI=1S/C12H19N3O3/c1-2-18-11(16)6-15-8-14-5-10(15)12(13)9-3-4-17-7-9/h5,8-9,12H,2-4,6-7,13H2,1H3. The van der Waals surface area contributed by atoms with E-state index in [0.29, 0.717) is 19.1 Å². The normalized spacial score (nSPS) is 20.9. The average molecular weight is 253 g/mol. The Labute approximate surface area is 106 Å². The first-order chi connectivity index (χ1) is 8.72. The quantitative estimate of drug-likeness (QED) is 0.772. The van der Waals surface area contributed by atoms with E-state index in [4.69, 9.17) is 15.2 Å². The van der Waals surface area contributed by atoms with Crippen LogP contribution < -0.4 is 5.73 Å². The van der Waals surface area contributed by atoms with Crippen molar-refractivity contribution in [1.82, 2.24) is 9.55 Å². The third-order valence-electron chi connectivity index (χ3n) is 3.16. The molecule has 0 radical (unpaired) electrons. The Morgan fingerprint density at radius 1 is 1.78 bits per heavy atom. The third kappa shape index (κ3) is 2.88. The second kappa shape index (κ2) is 5.97. The molecule has 6 heteroatoms. The van der Waals surface area contributed by atoms with Gasteiger partial charge in [0.15, 0.2) is 0 Å². The first kappa shape index (κ1) is 13.0. The fourth-order valence-corrected chi connectivity index (χ4v) is 2.16. The Kier molecular flexibility index (Phi) is 4.33. The lowest BCUT2D eigenvalue weighted by atomic mass is 9.97. The van der Waals surface area contributed by atoms with E-state index in [9.17, 15) is 4.79 Å². The summed E-state index contributed by atoms with van der Waals surface area (Å²) in [7, 11) is 0. The van der Waals surface area contributed by atoms with Crippen LogP contribution in [0.3, 0.4) is 0 Å². The van der Waals surface area contributed by atoms with Crippen LogP contribution in [0.5, 0.6) is 0 Å². The lowest BCUT2D eigenvalue weighted by Gasteiger charge is -2.19. The zero-order chi connectivity index (χ0) is 13.0. The molecule has 1 saturated heterocycles. The number of esters is 1. The SMILES string of the molecule is CCOC(=O)Cn1cncc1C(N)C1CCOC1. The highest BCUT2D eigenvalue weighted by Gasteiger charge is 2.26. The molecule has 6 nitrogen and oxygen atoms in total. The second-order valence-electron chi connectivity index (χ2n) is 4.40. The van der Waals surface area contributed by atoms with E-state index in [1.54, 1.807) is 24.0 Å². The molecule has 1 aromatic heterocycles. The van der Waals surface area contributed by atoms with E-state index < -0.39 is 0 Å². The molecule has 0 bridgehead atoms. The number of ether oxygens (including phenoxy) is 2. The van der Waals surface area contributed by atoms with Crippen LogP contribution in [0.15, 0.2) is 12.5 Å². The number of hydrogen-bond donors (Lipinski definition) is 1. The van der Waals surface area contributed by atoms with Gasteiger partial charge in [-0.3, -0.25) is 4.79 Å². The van der Waals surface area contributed by atoms with Crippen molar-refractivity contribution >= 4 is 5.97 Å². The van der Waals surface area contributed by atoms with Crippen LogP contribution in [0.25, 0.3) is 0 Å². The third-order valence-corrected chi connectivity index (χ3v) is 3.16. The van der Waals surface area contributed by atoms with Gasteiger partial charge in [-0.2, -0.15) is 0 Å². The van der Waals surface area contributed by atoms with E-state index in [2.05, 4.69) is 4.98 Å². The minimum Gasteiger partial charge on any atom is -0.465 e. The number of rotatable bonds is 5. The molecular formula is C12H19N3O3. The molecule has 2 atom stereocenters. The van der Waals surface area contributed by atoms with Gasteiger partial charge < -0.3 is 19.8 Å². The smallest absolute Gasteiger partial charge is 0.325 e. The molecule has 1 aliphatic rings. The van der Waals surface area contributed by atoms with Crippen molar-refractivity contribution in [3.63, 3.8) is 0 Å². The lowest BCUT2D eigenvalue weighted by molar-refractivity contribution is -0.143. The molecule has 1 aliphatic heterocycles. The zero-order valence-electron chi connectivity index (χ0n) is 10.5. The minimum atomic E-state index is -0.272. The first-order valence-electron chi connectivity index (χ1n) is 6.21. The first-order valence-corrected chi connectivity index (χ1v) is 6.21. The highest BCUT2D eigenvalue weighted by Crippen LogP contribution is 2.26. The van der Waals surface area contributed by atoms with Crippen molar-refractivity contribution < 1.29 is 14.3 Å². The molecule has 0 amide bonds. The lowest BCUT2D eigenvalue weighted by Crippen LogP contribution is -2.26. The van der Waals surface area contributed by atoms with Crippen LogP contribution in [-0.4, -0.2) is 35.3 Å². The summed E-state index contributed by atoms with van der Waals surface area (Å²) in [6.07, 6.45) is 4.27. The molecule has 2 rings (SSSR count). The number of aromatic nitrogens is 2. The Bertz CT molecular complexity index is 399. The molecule has 0 spiro atoms. The molecule has 0 saturated carbocycles. The van der Waals surface area contributed by atoms with Crippen LogP contribution in [-0.2, 0) is 20.8 Å². The van der Waals surface area contributed by atoms with Gasteiger partial charge in [-0.1, -0.05) is 0 Å². The Morgan fingerprint density at radius 2 is 2.61 bits per heavy atom. The number of imidazole rings is 1. The molecule has 2 unspecified atom stereocenters. The van der Waals surface area contributed by atoms with Crippen molar-refractivity contribution in [3.05, 3.63) is 18.2 Å². The van der Waals surface area contributed by atoms with E-state index >= 15 is 0 Å². The summed E-state index contributed by atoms with van der Waals surface area (Å²) < 4.78 is 12.0. The zero-order valence-corrected chi connectivity index (χ0v) is 10.5. The van der Waals surface area contributed by atoms with Crippen LogP contribution in [0.2, 0.25) is 0 Å². The molecule has 1 fully saturated rings. The number of nitrogens with zero attached hydrogens (tertiary/aromatic N) is 2. The number of carbonyl (C=O) groups is 1. The number of carbonyl (C=O) groups excluding carboxylic acids is 1. The van der Waals surface area contributed by atoms with E-state index in [1.807, 2.05) is 0 Å². The van der Waals surface area contributed by atoms with Crippen molar-refractivity contribution in [1.29, 1.82) is 0 Å². The Balaban J connectivity index is 2.04. The van der Waals surface area contributed by atoms with Crippen LogP contribution in [0, 0.1) is 5.92 Å². The van der Waals surface area contributed by atoms with E-state index in [0.717, 1.165) is 18.7 Å². The molecule has 100 valence electrons. The fraction of sp³-hybridized carbons (Fsp3) is 0.667. The number of nitrogens with two attached hydrogens (primary N) is 1. The minimum absolute atomic E-state index is 0.149. The Morgan fingerprint density at radius 3 is 3.28 bits per heavy atom. The summed E-state index contributed by atoms with van der Waals surface area (Å²) in [5.41, 5.74) is 7.06. The summed E-state index contributed by atoms with van der Waals surface area (Å²) in [5.74, 6) is 0.0225. The molecule has 0 aromatic carbocycles. The average Bonchev–Trinajstić information content (AvgIpc) is 2.98. The maximum atomic E-state index is 11.5. The topological polar surface area (TPSA) is 79.4 Å². The van der Waals surface area contributed by atoms with E-state index in [-0.39, 0.29) is 18.6 Å². The summed E-state index contributed by atoms with van der Waals surface area (Å²) >= 11 is 0. The highest BCUT2D eigenvalue weighted by molar-refractivity contribution is 5.69. The molecule has 1 aromatic rings. The maximum Gasteiger partial charge on any atom is 0.325 e. The number of hydrogen-bond acceptors (Lipinski definition) is 5. The van der Waals surface area contributed by atoms with Gasteiger partial charge in [0.1, 0.15) is 6.54 Å². The summed E-state index contributed by atoms with van der Waals surface area (Å²) in [4.78, 5) is 15.5. The van der Waals surface area contributed by atoms with Crippen LogP contribution in [0.1, 0.15) is 25.1 Å². The van der Waals surface area contributed by atoms with Gasteiger partial charge >= 0.3 is 5.97 Å². The van der Waals surface area contributed by atoms with E-state index in [1.165, 1.54) is 0 Å². The predicted octanol–water partition coefficient (Wildman–Crippen LogP) is 0.483. The van der Waals surface area contributed by atoms with Gasteiger partial charge in [-0.05, 0) is 13.3 Å². The van der Waals surface area contributed by atoms with Crippen molar-refractivity contribution in [3.8, 4) is 0 Å². The fourth-order valence-electron chi connectivity index (χ4n) is 2.16. The van der Waals surface area contributed by atoms with Crippen LogP contribution >= 0.6 is 0 Å². The predicted molar refractivity (Wildman–Crippen MR) is 64.7 cm³/mol. The second-order valence-corrected chi connectivity index (χ2v) is 4.40. The van der Waals surface area contributed by atoms with Gasteiger partial charge in [0, 0.05) is 18.7 Å². The van der Waals surface area contributed by atoms with Crippen molar-refractivity contribution in [2.75, 3.05) is 19.8 Å². The van der Waals surface area contributed by atoms with Gasteiger partial charge in [0.2, 0.25) is 0 Å². The molecule has 18 heavy (non-hydrogen) atoms. The summed E-state index contributed by atoms with van der Waals surface area (Å²) in [6.45, 7) is 3.75. The highest BCUT2D eigenvalue weighted by atomic mass is 16.5. The molecule has 2 N–H and O–H groups in total. The van der Waals surface area contributed by atoms with Gasteiger partial charge in [-0.25, -0.2) is 4.98 Å². The van der Waals surface area contributed by atoms with Crippen LogP contribution in [0.4, 0.5) is 0 Å². The molecule has 2 heterocycles. The van der Waals surface area contributed by atoms with Gasteiger partial charge in [0.05, 0.1) is 31.3 Å². The van der Waals surface area contributed by atoms with Gasteiger partial charge in [0.25, 0.3) is 0 Å². The van der Waals surface area contributed by atoms with Gasteiger partial charge in [-0.15, -0.1) is 0 Å². The monoisotopic (exact) mass is 253 g/mol. The summed E-state index contributed by atoms with van der Waals surface area (Å²) in [5, 5.41) is 0. The largest absolute Gasteiger partial charge is 0.465 e. The van der Waals surface area contributed by atoms with Crippen molar-refractivity contribution in [2.24, 2.45) is 11.7 Å². The molecule has 0 aliphatic carbocycles.